The summed E-state index contributed by atoms with van der Waals surface area (Å²) in [6, 6.07) is 5.54. The van der Waals surface area contributed by atoms with Gasteiger partial charge >= 0.3 is 6.18 Å². The first-order valence-corrected chi connectivity index (χ1v) is 5.82. The number of nitro groups is 1. The molecule has 0 aliphatic heterocycles. The predicted octanol–water partition coefficient (Wildman–Crippen LogP) is 3.61. The Morgan fingerprint density at radius 1 is 1.35 bits per heavy atom. The fraction of sp³-hybridized carbons (Fsp3) is 0.417. The van der Waals surface area contributed by atoms with Crippen LogP contribution in [0.2, 0.25) is 0 Å². The molecule has 0 aliphatic rings. The fourth-order valence-electron chi connectivity index (χ4n) is 1.57. The third-order valence-electron chi connectivity index (χ3n) is 2.54. The Hall–Kier alpha value is -2.30. The quantitative estimate of drug-likeness (QED) is 0.492. The lowest BCUT2D eigenvalue weighted by molar-refractivity contribution is -0.384. The second kappa shape index (κ2) is 6.75. The number of anilines is 1. The second-order valence-corrected chi connectivity index (χ2v) is 4.10. The number of nitrogens with zero attached hydrogens (tertiary/aromatic N) is 2. The van der Waals surface area contributed by atoms with Crippen molar-refractivity contribution in [2.45, 2.75) is 25.4 Å². The Morgan fingerprint density at radius 3 is 2.60 bits per heavy atom. The highest BCUT2D eigenvalue weighted by Gasteiger charge is 2.25. The molecule has 20 heavy (non-hydrogen) atoms. The molecule has 0 aromatic heterocycles. The van der Waals surface area contributed by atoms with E-state index in [2.05, 4.69) is 5.32 Å². The number of non-ortho nitro benzene ring substituents is 1. The summed E-state index contributed by atoms with van der Waals surface area (Å²) in [5.41, 5.74) is 0.268. The average molecular weight is 287 g/mol. The Labute approximate surface area is 113 Å². The lowest BCUT2D eigenvalue weighted by Crippen LogP contribution is -2.09. The van der Waals surface area contributed by atoms with Crippen molar-refractivity contribution in [1.82, 2.24) is 0 Å². The largest absolute Gasteiger partial charge is 0.389 e. The van der Waals surface area contributed by atoms with Gasteiger partial charge in [0.25, 0.3) is 5.69 Å². The van der Waals surface area contributed by atoms with Crippen LogP contribution in [0.15, 0.2) is 18.2 Å². The van der Waals surface area contributed by atoms with E-state index in [1.54, 1.807) is 0 Å². The van der Waals surface area contributed by atoms with Crippen molar-refractivity contribution in [2.75, 3.05) is 11.9 Å². The molecule has 0 radical (unpaired) electrons. The number of alkyl halides is 3. The van der Waals surface area contributed by atoms with Gasteiger partial charge in [-0.25, -0.2) is 0 Å². The summed E-state index contributed by atoms with van der Waals surface area (Å²) < 4.78 is 35.8. The molecule has 0 amide bonds. The van der Waals surface area contributed by atoms with Crippen LogP contribution >= 0.6 is 0 Å². The van der Waals surface area contributed by atoms with Crippen molar-refractivity contribution in [1.29, 1.82) is 5.26 Å². The number of hydrogen-bond acceptors (Lipinski definition) is 4. The molecule has 1 rings (SSSR count). The van der Waals surface area contributed by atoms with Crippen molar-refractivity contribution >= 4 is 11.4 Å². The highest BCUT2D eigenvalue weighted by Crippen LogP contribution is 2.23. The van der Waals surface area contributed by atoms with Gasteiger partial charge in [-0.2, -0.15) is 18.4 Å². The van der Waals surface area contributed by atoms with E-state index in [4.69, 9.17) is 5.26 Å². The number of hydrogen-bond donors (Lipinski definition) is 1. The first-order chi connectivity index (χ1) is 9.33. The normalized spacial score (nSPS) is 10.9. The lowest BCUT2D eigenvalue weighted by Gasteiger charge is -2.09. The van der Waals surface area contributed by atoms with Crippen LogP contribution in [0.3, 0.4) is 0 Å². The van der Waals surface area contributed by atoms with Crippen LogP contribution in [0.1, 0.15) is 24.8 Å². The van der Waals surface area contributed by atoms with E-state index < -0.39 is 17.5 Å². The molecule has 1 N–H and O–H groups in total. The second-order valence-electron chi connectivity index (χ2n) is 4.10. The smallest absolute Gasteiger partial charge is 0.384 e. The van der Waals surface area contributed by atoms with Crippen molar-refractivity contribution in [3.8, 4) is 6.07 Å². The summed E-state index contributed by atoms with van der Waals surface area (Å²) >= 11 is 0. The van der Waals surface area contributed by atoms with Crippen LogP contribution in [0.4, 0.5) is 24.5 Å². The molecule has 0 saturated heterocycles. The number of benzene rings is 1. The minimum absolute atomic E-state index is 0.00856. The maximum Gasteiger partial charge on any atom is 0.389 e. The molecule has 8 heteroatoms. The number of unbranched alkanes of at least 4 members (excludes halogenated alkanes) is 1. The zero-order chi connectivity index (χ0) is 15.2. The first-order valence-electron chi connectivity index (χ1n) is 5.82. The van der Waals surface area contributed by atoms with E-state index in [9.17, 15) is 23.3 Å². The molecular formula is C12H12F3N3O2. The summed E-state index contributed by atoms with van der Waals surface area (Å²) in [7, 11) is 0. The first kappa shape index (κ1) is 15.8. The zero-order valence-corrected chi connectivity index (χ0v) is 10.4. The van der Waals surface area contributed by atoms with E-state index in [-0.39, 0.29) is 24.2 Å². The van der Waals surface area contributed by atoms with Gasteiger partial charge < -0.3 is 5.32 Å². The van der Waals surface area contributed by atoms with Crippen molar-refractivity contribution in [3.05, 3.63) is 33.9 Å². The van der Waals surface area contributed by atoms with Crippen molar-refractivity contribution in [3.63, 3.8) is 0 Å². The van der Waals surface area contributed by atoms with Crippen LogP contribution in [0.5, 0.6) is 0 Å². The van der Waals surface area contributed by atoms with Crippen LogP contribution in [-0.2, 0) is 0 Å². The number of nitrogens with one attached hydrogen (secondary N) is 1. The highest BCUT2D eigenvalue weighted by molar-refractivity contribution is 5.61. The predicted molar refractivity (Wildman–Crippen MR) is 66.2 cm³/mol. The summed E-state index contributed by atoms with van der Waals surface area (Å²) in [6.07, 6.45) is -4.72. The number of nitriles is 1. The Bertz CT molecular complexity index is 524. The summed E-state index contributed by atoms with van der Waals surface area (Å²) in [5, 5.41) is 22.2. The Kier molecular flexibility index (Phi) is 5.32. The van der Waals surface area contributed by atoms with Crippen LogP contribution in [0.25, 0.3) is 0 Å². The van der Waals surface area contributed by atoms with Gasteiger partial charge in [-0.3, -0.25) is 10.1 Å². The molecule has 0 saturated carbocycles. The summed E-state index contributed by atoms with van der Waals surface area (Å²) in [5.74, 6) is 0. The van der Waals surface area contributed by atoms with Gasteiger partial charge in [-0.15, -0.1) is 0 Å². The Morgan fingerprint density at radius 2 is 2.05 bits per heavy atom. The van der Waals surface area contributed by atoms with Gasteiger partial charge in [0, 0.05) is 25.1 Å². The van der Waals surface area contributed by atoms with E-state index >= 15 is 0 Å². The molecule has 0 fully saturated rings. The molecule has 0 spiro atoms. The van der Waals surface area contributed by atoms with Gasteiger partial charge in [0.05, 0.1) is 16.2 Å². The standard InChI is InChI=1S/C12H12F3N3O2/c13-12(14,15)5-1-2-6-17-11-4-3-10(18(19)20)7-9(11)8-16/h3-4,7,17H,1-2,5-6H2. The van der Waals surface area contributed by atoms with Gasteiger partial charge in [0.2, 0.25) is 0 Å². The molecule has 5 nitrogen and oxygen atoms in total. The minimum atomic E-state index is -4.16. The molecule has 0 unspecified atom stereocenters. The number of nitro benzene ring substituents is 1. The van der Waals surface area contributed by atoms with Gasteiger partial charge in [0.1, 0.15) is 6.07 Å². The Balaban J connectivity index is 2.52. The third-order valence-corrected chi connectivity index (χ3v) is 2.54. The minimum Gasteiger partial charge on any atom is -0.384 e. The van der Waals surface area contributed by atoms with Crippen molar-refractivity contribution in [2.24, 2.45) is 0 Å². The maximum absolute atomic E-state index is 11.9. The maximum atomic E-state index is 11.9. The SMILES string of the molecule is N#Cc1cc([N+](=O)[O-])ccc1NCCCCC(F)(F)F. The van der Waals surface area contributed by atoms with Gasteiger partial charge in [-0.1, -0.05) is 0 Å². The molecule has 0 atom stereocenters. The van der Waals surface area contributed by atoms with Crippen LogP contribution in [-0.4, -0.2) is 17.6 Å². The summed E-state index contributed by atoms with van der Waals surface area (Å²) in [6.45, 7) is 0.266. The number of halogens is 3. The van der Waals surface area contributed by atoms with Crippen LogP contribution in [0, 0.1) is 21.4 Å². The van der Waals surface area contributed by atoms with E-state index in [1.165, 1.54) is 12.1 Å². The number of rotatable bonds is 6. The summed E-state index contributed by atoms with van der Waals surface area (Å²) in [4.78, 5) is 9.93. The van der Waals surface area contributed by atoms with Gasteiger partial charge in [0.15, 0.2) is 0 Å². The zero-order valence-electron chi connectivity index (χ0n) is 10.4. The van der Waals surface area contributed by atoms with Gasteiger partial charge in [-0.05, 0) is 18.9 Å². The average Bonchev–Trinajstić information content (AvgIpc) is 2.36. The third kappa shape index (κ3) is 5.14. The van der Waals surface area contributed by atoms with Crippen molar-refractivity contribution < 1.29 is 18.1 Å². The van der Waals surface area contributed by atoms with E-state index in [0.29, 0.717) is 12.1 Å². The van der Waals surface area contributed by atoms with E-state index in [1.807, 2.05) is 6.07 Å². The van der Waals surface area contributed by atoms with Crippen LogP contribution < -0.4 is 5.32 Å². The van der Waals surface area contributed by atoms with E-state index in [0.717, 1.165) is 6.07 Å². The molecule has 1 aromatic rings. The molecule has 0 bridgehead atoms. The molecule has 0 heterocycles. The monoisotopic (exact) mass is 287 g/mol. The molecular weight excluding hydrogens is 275 g/mol. The highest BCUT2D eigenvalue weighted by atomic mass is 19.4. The topological polar surface area (TPSA) is 79.0 Å². The molecule has 1 aromatic carbocycles. The lowest BCUT2D eigenvalue weighted by atomic mass is 10.1. The fourth-order valence-corrected chi connectivity index (χ4v) is 1.57. The molecule has 108 valence electrons. The molecule has 0 aliphatic carbocycles.